The van der Waals surface area contributed by atoms with Crippen molar-refractivity contribution in [3.05, 3.63) is 96.6 Å². The van der Waals surface area contributed by atoms with Crippen molar-refractivity contribution in [2.45, 2.75) is 51.9 Å². The van der Waals surface area contributed by atoms with E-state index in [1.807, 2.05) is 30.3 Å². The van der Waals surface area contributed by atoms with Crippen molar-refractivity contribution in [1.82, 2.24) is 0 Å². The van der Waals surface area contributed by atoms with Crippen LogP contribution in [0.2, 0.25) is 5.04 Å². The molecule has 0 saturated heterocycles. The van der Waals surface area contributed by atoms with E-state index in [1.54, 1.807) is 0 Å². The standard InChI is InChI=1S/C29H36O3Si/c1-24(22-31-23-25-14-8-5-9-15-25)28(20-21-30)32-33(29(2,3)4,26-16-10-6-11-17-26)27-18-12-7-13-19-27/h5-19,21,24,28H,20,22-23H2,1-4H3/t24?,28-/m0/s1. The van der Waals surface area contributed by atoms with Gasteiger partial charge in [0.1, 0.15) is 6.29 Å². The number of benzene rings is 3. The normalized spacial score (nSPS) is 13.9. The molecule has 3 aromatic carbocycles. The van der Waals surface area contributed by atoms with Crippen LogP contribution >= 0.6 is 0 Å². The number of carbonyl (C=O) groups is 1. The van der Waals surface area contributed by atoms with E-state index in [0.717, 1.165) is 11.8 Å². The van der Waals surface area contributed by atoms with Crippen LogP contribution in [-0.4, -0.2) is 27.3 Å². The molecule has 0 aliphatic carbocycles. The summed E-state index contributed by atoms with van der Waals surface area (Å²) in [6, 6.07) is 31.3. The van der Waals surface area contributed by atoms with E-state index in [-0.39, 0.29) is 17.1 Å². The van der Waals surface area contributed by atoms with Crippen molar-refractivity contribution >= 4 is 25.0 Å². The van der Waals surface area contributed by atoms with Crippen LogP contribution in [-0.2, 0) is 20.6 Å². The van der Waals surface area contributed by atoms with E-state index in [0.29, 0.717) is 19.6 Å². The van der Waals surface area contributed by atoms with Gasteiger partial charge in [-0.1, -0.05) is 119 Å². The molecule has 0 saturated carbocycles. The molecule has 4 heteroatoms. The summed E-state index contributed by atoms with van der Waals surface area (Å²) >= 11 is 0. The molecular formula is C29H36O3Si. The number of carbonyl (C=O) groups excluding carboxylic acids is 1. The van der Waals surface area contributed by atoms with Crippen molar-refractivity contribution in [3.63, 3.8) is 0 Å². The first kappa shape index (κ1) is 25.1. The van der Waals surface area contributed by atoms with Gasteiger partial charge in [-0.25, -0.2) is 0 Å². The number of ether oxygens (including phenoxy) is 1. The largest absolute Gasteiger partial charge is 0.404 e. The summed E-state index contributed by atoms with van der Waals surface area (Å²) < 4.78 is 13.2. The Morgan fingerprint density at radius 2 is 1.30 bits per heavy atom. The first-order valence-corrected chi connectivity index (χ1v) is 13.6. The zero-order chi connectivity index (χ0) is 23.7. The molecule has 3 nitrogen and oxygen atoms in total. The quantitative estimate of drug-likeness (QED) is 0.285. The minimum atomic E-state index is -2.73. The summed E-state index contributed by atoms with van der Waals surface area (Å²) in [5, 5.41) is 2.30. The molecule has 0 spiro atoms. The van der Waals surface area contributed by atoms with Gasteiger partial charge in [0.2, 0.25) is 0 Å². The Kier molecular flexibility index (Phi) is 8.78. The molecule has 0 amide bonds. The Morgan fingerprint density at radius 1 is 0.818 bits per heavy atom. The fourth-order valence-corrected chi connectivity index (χ4v) is 9.25. The summed E-state index contributed by atoms with van der Waals surface area (Å²) in [6.45, 7) is 9.98. The topological polar surface area (TPSA) is 35.5 Å². The Labute approximate surface area is 199 Å². The maximum Gasteiger partial charge on any atom is 0.261 e. The van der Waals surface area contributed by atoms with Crippen LogP contribution in [0.15, 0.2) is 91.0 Å². The lowest BCUT2D eigenvalue weighted by Gasteiger charge is -2.46. The van der Waals surface area contributed by atoms with Gasteiger partial charge in [0, 0.05) is 12.3 Å². The zero-order valence-electron chi connectivity index (χ0n) is 20.2. The van der Waals surface area contributed by atoms with Gasteiger partial charge >= 0.3 is 0 Å². The fourth-order valence-electron chi connectivity index (χ4n) is 4.45. The smallest absolute Gasteiger partial charge is 0.261 e. The molecule has 0 heterocycles. The maximum absolute atomic E-state index is 11.7. The van der Waals surface area contributed by atoms with Crippen LogP contribution in [0.25, 0.3) is 0 Å². The van der Waals surface area contributed by atoms with Gasteiger partial charge in [0.15, 0.2) is 0 Å². The van der Waals surface area contributed by atoms with E-state index in [9.17, 15) is 4.79 Å². The molecule has 0 aliphatic heterocycles. The van der Waals surface area contributed by atoms with Gasteiger partial charge in [-0.2, -0.15) is 0 Å². The van der Waals surface area contributed by atoms with E-state index >= 15 is 0 Å². The number of hydrogen-bond donors (Lipinski definition) is 0. The van der Waals surface area contributed by atoms with Crippen molar-refractivity contribution in [2.75, 3.05) is 6.61 Å². The second-order valence-electron chi connectivity index (χ2n) is 9.70. The van der Waals surface area contributed by atoms with Crippen molar-refractivity contribution < 1.29 is 14.0 Å². The van der Waals surface area contributed by atoms with Gasteiger partial charge in [-0.05, 0) is 21.0 Å². The highest BCUT2D eigenvalue weighted by molar-refractivity contribution is 6.99. The third-order valence-electron chi connectivity index (χ3n) is 6.20. The summed E-state index contributed by atoms with van der Waals surface area (Å²) in [4.78, 5) is 11.7. The first-order chi connectivity index (χ1) is 15.9. The average Bonchev–Trinajstić information content (AvgIpc) is 2.82. The highest BCUT2D eigenvalue weighted by atomic mass is 28.4. The predicted molar refractivity (Wildman–Crippen MR) is 138 cm³/mol. The number of rotatable bonds is 11. The molecule has 3 rings (SSSR count). The lowest BCUT2D eigenvalue weighted by molar-refractivity contribution is -0.110. The Hall–Kier alpha value is -2.53. The van der Waals surface area contributed by atoms with Gasteiger partial charge in [-0.3, -0.25) is 0 Å². The summed E-state index contributed by atoms with van der Waals surface area (Å²) in [6.07, 6.45) is 1.10. The molecule has 0 aliphatic rings. The van der Waals surface area contributed by atoms with Crippen molar-refractivity contribution in [1.29, 1.82) is 0 Å². The zero-order valence-corrected chi connectivity index (χ0v) is 21.2. The second-order valence-corrected chi connectivity index (χ2v) is 14.0. The van der Waals surface area contributed by atoms with Crippen LogP contribution in [0.5, 0.6) is 0 Å². The Morgan fingerprint density at radius 3 is 1.76 bits per heavy atom. The predicted octanol–water partition coefficient (Wildman–Crippen LogP) is 5.37. The highest BCUT2D eigenvalue weighted by Gasteiger charge is 2.51. The number of hydrogen-bond acceptors (Lipinski definition) is 3. The van der Waals surface area contributed by atoms with E-state index in [1.165, 1.54) is 10.4 Å². The summed E-state index contributed by atoms with van der Waals surface area (Å²) in [7, 11) is -2.73. The number of aldehydes is 1. The van der Waals surface area contributed by atoms with Crippen LogP contribution in [0.4, 0.5) is 0 Å². The van der Waals surface area contributed by atoms with Crippen molar-refractivity contribution in [3.8, 4) is 0 Å². The third-order valence-corrected chi connectivity index (χ3v) is 11.3. The molecule has 3 aromatic rings. The lowest BCUT2D eigenvalue weighted by Crippen LogP contribution is -2.68. The van der Waals surface area contributed by atoms with Crippen LogP contribution in [0, 0.1) is 5.92 Å². The molecule has 174 valence electrons. The lowest BCUT2D eigenvalue weighted by atomic mass is 10.0. The Balaban J connectivity index is 1.92. The average molecular weight is 461 g/mol. The monoisotopic (exact) mass is 460 g/mol. The minimum absolute atomic E-state index is 0.0700. The minimum Gasteiger partial charge on any atom is -0.404 e. The molecule has 2 atom stereocenters. The van der Waals surface area contributed by atoms with Crippen LogP contribution < -0.4 is 10.4 Å². The molecule has 0 aromatic heterocycles. The SMILES string of the molecule is CC(COCc1ccccc1)[C@H](CC=O)O[Si](c1ccccc1)(c1ccccc1)C(C)(C)C. The molecule has 33 heavy (non-hydrogen) atoms. The first-order valence-electron chi connectivity index (χ1n) is 11.7. The van der Waals surface area contributed by atoms with Gasteiger partial charge in [0.25, 0.3) is 8.32 Å². The Bertz CT molecular complexity index is 929. The van der Waals surface area contributed by atoms with Crippen LogP contribution in [0.3, 0.4) is 0 Å². The second kappa shape index (κ2) is 11.6. The van der Waals surface area contributed by atoms with Gasteiger partial charge in [-0.15, -0.1) is 0 Å². The molecule has 1 unspecified atom stereocenters. The van der Waals surface area contributed by atoms with Crippen molar-refractivity contribution in [2.24, 2.45) is 5.92 Å². The van der Waals surface area contributed by atoms with E-state index in [4.69, 9.17) is 9.16 Å². The molecule has 0 fully saturated rings. The third kappa shape index (κ3) is 6.08. The van der Waals surface area contributed by atoms with E-state index < -0.39 is 8.32 Å². The molecule has 0 bridgehead atoms. The highest BCUT2D eigenvalue weighted by Crippen LogP contribution is 2.38. The summed E-state index contributed by atoms with van der Waals surface area (Å²) in [5.74, 6) is 0.0700. The van der Waals surface area contributed by atoms with Gasteiger partial charge < -0.3 is 14.0 Å². The van der Waals surface area contributed by atoms with Crippen LogP contribution in [0.1, 0.15) is 39.7 Å². The molecular weight excluding hydrogens is 424 g/mol. The molecule has 0 radical (unpaired) electrons. The maximum atomic E-state index is 11.7. The fraction of sp³-hybridized carbons (Fsp3) is 0.345. The summed E-state index contributed by atoms with van der Waals surface area (Å²) in [5.41, 5.74) is 1.14. The van der Waals surface area contributed by atoms with E-state index in [2.05, 4.69) is 88.4 Å². The molecule has 0 N–H and O–H groups in total. The van der Waals surface area contributed by atoms with Gasteiger partial charge in [0.05, 0.1) is 19.3 Å².